The van der Waals surface area contributed by atoms with Gasteiger partial charge in [-0.25, -0.2) is 0 Å². The van der Waals surface area contributed by atoms with Crippen molar-refractivity contribution in [1.29, 1.82) is 0 Å². The predicted octanol–water partition coefficient (Wildman–Crippen LogP) is 4.04. The lowest BCUT2D eigenvalue weighted by Crippen LogP contribution is -2.51. The second-order valence-electron chi connectivity index (χ2n) is 9.18. The van der Waals surface area contributed by atoms with Gasteiger partial charge in [0.05, 0.1) is 0 Å². The van der Waals surface area contributed by atoms with E-state index in [-0.39, 0.29) is 17.7 Å². The van der Waals surface area contributed by atoms with E-state index in [1.807, 2.05) is 58.3 Å². The van der Waals surface area contributed by atoms with Crippen LogP contribution >= 0.6 is 0 Å². The Kier molecular flexibility index (Phi) is 6.40. The first-order valence-electron chi connectivity index (χ1n) is 12.0. The van der Waals surface area contributed by atoms with Crippen molar-refractivity contribution in [3.05, 3.63) is 83.9 Å². The molecule has 0 spiro atoms. The van der Waals surface area contributed by atoms with Crippen LogP contribution in [0.25, 0.3) is 10.8 Å². The lowest BCUT2D eigenvalue weighted by atomic mass is 9.94. The highest BCUT2D eigenvalue weighted by Gasteiger charge is 2.32. The molecule has 0 aromatic heterocycles. The average Bonchev–Trinajstić information content (AvgIpc) is 2.89. The molecule has 5 rings (SSSR count). The fourth-order valence-corrected chi connectivity index (χ4v) is 5.14. The van der Waals surface area contributed by atoms with Gasteiger partial charge in [0.2, 0.25) is 5.91 Å². The maximum atomic E-state index is 13.2. The van der Waals surface area contributed by atoms with Crippen LogP contribution in [0.5, 0.6) is 0 Å². The maximum Gasteiger partial charge on any atom is 0.254 e. The summed E-state index contributed by atoms with van der Waals surface area (Å²) in [5.41, 5.74) is 2.08. The number of nitrogens with zero attached hydrogens (tertiary/aromatic N) is 3. The normalized spacial score (nSPS) is 17.9. The number of amides is 2. The van der Waals surface area contributed by atoms with E-state index >= 15 is 0 Å². The number of likely N-dealkylation sites (tertiary alicyclic amines) is 1. The van der Waals surface area contributed by atoms with Gasteiger partial charge in [-0.15, -0.1) is 0 Å². The van der Waals surface area contributed by atoms with Crippen LogP contribution in [0.2, 0.25) is 0 Å². The molecule has 0 atom stereocenters. The minimum Gasteiger partial charge on any atom is -0.340 e. The number of fused-ring (bicyclic) bond motifs is 1. The van der Waals surface area contributed by atoms with Gasteiger partial charge in [0.25, 0.3) is 5.91 Å². The molecule has 0 aliphatic carbocycles. The number of rotatable bonds is 4. The van der Waals surface area contributed by atoms with Crippen LogP contribution in [0.3, 0.4) is 0 Å². The number of carbonyl (C=O) groups excluding carboxylic acids is 2. The lowest BCUT2D eigenvalue weighted by molar-refractivity contribution is -0.138. The molecule has 5 heteroatoms. The van der Waals surface area contributed by atoms with E-state index in [0.717, 1.165) is 61.9 Å². The molecule has 0 radical (unpaired) electrons. The van der Waals surface area contributed by atoms with Crippen LogP contribution in [0.15, 0.2) is 72.8 Å². The maximum absolute atomic E-state index is 13.2. The van der Waals surface area contributed by atoms with Crippen LogP contribution in [0.1, 0.15) is 28.8 Å². The van der Waals surface area contributed by atoms with Crippen LogP contribution in [-0.4, -0.2) is 65.8 Å². The zero-order valence-electron chi connectivity index (χ0n) is 19.0. The van der Waals surface area contributed by atoms with Crippen molar-refractivity contribution in [3.8, 4) is 0 Å². The molecule has 33 heavy (non-hydrogen) atoms. The highest BCUT2D eigenvalue weighted by atomic mass is 16.2. The van der Waals surface area contributed by atoms with Gasteiger partial charge in [-0.05, 0) is 35.2 Å². The van der Waals surface area contributed by atoms with Gasteiger partial charge in [0.1, 0.15) is 0 Å². The van der Waals surface area contributed by atoms with Gasteiger partial charge in [0.15, 0.2) is 0 Å². The van der Waals surface area contributed by atoms with Crippen molar-refractivity contribution < 1.29 is 9.59 Å². The fourth-order valence-electron chi connectivity index (χ4n) is 5.14. The summed E-state index contributed by atoms with van der Waals surface area (Å²) in [7, 11) is 0. The standard InChI is InChI=1S/C28H31N3O2/c32-27(31-19-17-29(18-20-31)21-22-7-2-1-3-8-22)24-13-15-30(16-14-24)28(33)26-12-6-10-23-9-4-5-11-25(23)26/h1-12,24H,13-21H2. The van der Waals surface area contributed by atoms with Gasteiger partial charge in [0, 0.05) is 57.3 Å². The van der Waals surface area contributed by atoms with Crippen LogP contribution in [-0.2, 0) is 11.3 Å². The molecule has 2 aliphatic heterocycles. The first-order chi connectivity index (χ1) is 16.2. The Labute approximate surface area is 195 Å². The zero-order valence-corrected chi connectivity index (χ0v) is 19.0. The third-order valence-electron chi connectivity index (χ3n) is 7.08. The molecule has 0 saturated carbocycles. The third kappa shape index (κ3) is 4.79. The predicted molar refractivity (Wildman–Crippen MR) is 131 cm³/mol. The van der Waals surface area contributed by atoms with Crippen molar-refractivity contribution in [2.75, 3.05) is 39.3 Å². The molecule has 0 unspecified atom stereocenters. The number of hydrogen-bond acceptors (Lipinski definition) is 3. The second-order valence-corrected chi connectivity index (χ2v) is 9.18. The van der Waals surface area contributed by atoms with Crippen LogP contribution in [0.4, 0.5) is 0 Å². The molecule has 3 aromatic carbocycles. The molecule has 2 fully saturated rings. The van der Waals surface area contributed by atoms with Gasteiger partial charge >= 0.3 is 0 Å². The van der Waals surface area contributed by atoms with E-state index in [0.29, 0.717) is 13.1 Å². The highest BCUT2D eigenvalue weighted by Crippen LogP contribution is 2.25. The monoisotopic (exact) mass is 441 g/mol. The van der Waals surface area contributed by atoms with Gasteiger partial charge in [-0.1, -0.05) is 66.7 Å². The van der Waals surface area contributed by atoms with E-state index in [9.17, 15) is 9.59 Å². The molecule has 170 valence electrons. The zero-order chi connectivity index (χ0) is 22.6. The van der Waals surface area contributed by atoms with E-state index in [1.54, 1.807) is 0 Å². The quantitative estimate of drug-likeness (QED) is 0.614. The SMILES string of the molecule is O=C(c1cccc2ccccc12)N1CCC(C(=O)N2CCN(Cc3ccccc3)CC2)CC1. The van der Waals surface area contributed by atoms with Crippen molar-refractivity contribution >= 4 is 22.6 Å². The first kappa shape index (κ1) is 21.7. The molecule has 5 nitrogen and oxygen atoms in total. The Bertz CT molecular complexity index is 1110. The minimum absolute atomic E-state index is 0.0299. The number of carbonyl (C=O) groups is 2. The number of piperidine rings is 1. The number of benzene rings is 3. The van der Waals surface area contributed by atoms with E-state index in [1.165, 1.54) is 5.56 Å². The Morgan fingerprint density at radius 2 is 1.36 bits per heavy atom. The number of piperazine rings is 1. The molecule has 0 N–H and O–H groups in total. The Morgan fingerprint density at radius 1 is 0.697 bits per heavy atom. The molecule has 2 heterocycles. The molecule has 2 aliphatic rings. The van der Waals surface area contributed by atoms with Crippen molar-refractivity contribution in [2.24, 2.45) is 5.92 Å². The molecule has 2 amide bonds. The first-order valence-corrected chi connectivity index (χ1v) is 12.0. The average molecular weight is 442 g/mol. The van der Waals surface area contributed by atoms with Gasteiger partial charge < -0.3 is 9.80 Å². The summed E-state index contributed by atoms with van der Waals surface area (Å²) in [6.45, 7) is 5.65. The largest absolute Gasteiger partial charge is 0.340 e. The summed E-state index contributed by atoms with van der Waals surface area (Å²) >= 11 is 0. The summed E-state index contributed by atoms with van der Waals surface area (Å²) in [6, 6.07) is 24.4. The fraction of sp³-hybridized carbons (Fsp3) is 0.357. The summed E-state index contributed by atoms with van der Waals surface area (Å²) in [5, 5.41) is 2.08. The van der Waals surface area contributed by atoms with Crippen LogP contribution < -0.4 is 0 Å². The summed E-state index contributed by atoms with van der Waals surface area (Å²) in [5.74, 6) is 0.376. The Morgan fingerprint density at radius 3 is 2.12 bits per heavy atom. The third-order valence-corrected chi connectivity index (χ3v) is 7.08. The molecule has 3 aromatic rings. The molecular weight excluding hydrogens is 410 g/mol. The Balaban J connectivity index is 1.14. The summed E-state index contributed by atoms with van der Waals surface area (Å²) in [6.07, 6.45) is 1.50. The van der Waals surface area contributed by atoms with Crippen molar-refractivity contribution in [2.45, 2.75) is 19.4 Å². The minimum atomic E-state index is 0.0299. The molecule has 0 bridgehead atoms. The topological polar surface area (TPSA) is 43.9 Å². The van der Waals surface area contributed by atoms with Crippen LogP contribution in [0, 0.1) is 5.92 Å². The molecular formula is C28H31N3O2. The number of hydrogen-bond donors (Lipinski definition) is 0. The summed E-state index contributed by atoms with van der Waals surface area (Å²) in [4.78, 5) is 32.7. The van der Waals surface area contributed by atoms with Gasteiger partial charge in [-0.3, -0.25) is 14.5 Å². The Hall–Kier alpha value is -3.18. The lowest BCUT2D eigenvalue weighted by Gasteiger charge is -2.38. The van der Waals surface area contributed by atoms with Gasteiger partial charge in [-0.2, -0.15) is 0 Å². The van der Waals surface area contributed by atoms with Crippen molar-refractivity contribution in [3.63, 3.8) is 0 Å². The smallest absolute Gasteiger partial charge is 0.254 e. The van der Waals surface area contributed by atoms with E-state index in [4.69, 9.17) is 0 Å². The van der Waals surface area contributed by atoms with E-state index in [2.05, 4.69) is 29.2 Å². The highest BCUT2D eigenvalue weighted by molar-refractivity contribution is 6.07. The second kappa shape index (κ2) is 9.75. The van der Waals surface area contributed by atoms with E-state index < -0.39 is 0 Å². The summed E-state index contributed by atoms with van der Waals surface area (Å²) < 4.78 is 0. The molecule has 2 saturated heterocycles. The van der Waals surface area contributed by atoms with Crippen molar-refractivity contribution in [1.82, 2.24) is 14.7 Å².